The number of hydrogen-bond donors (Lipinski definition) is 1. The first-order chi connectivity index (χ1) is 9.92. The molecule has 3 nitrogen and oxygen atoms in total. The molecule has 1 rings (SSSR count). The number of nitrogens with zero attached hydrogens (tertiary/aromatic N) is 1. The van der Waals surface area contributed by atoms with Gasteiger partial charge >= 0.3 is 0 Å². The largest absolute Gasteiger partial charge is 0.389 e. The van der Waals surface area contributed by atoms with Crippen molar-refractivity contribution in [3.8, 4) is 0 Å². The Balaban J connectivity index is 2.61. The van der Waals surface area contributed by atoms with Crippen molar-refractivity contribution in [2.75, 3.05) is 13.2 Å². The van der Waals surface area contributed by atoms with E-state index in [0.717, 1.165) is 13.0 Å². The van der Waals surface area contributed by atoms with Crippen LogP contribution < -0.4 is 0 Å². The Morgan fingerprint density at radius 2 is 1.76 bits per heavy atom. The van der Waals surface area contributed by atoms with Crippen molar-refractivity contribution in [2.24, 2.45) is 0 Å². The summed E-state index contributed by atoms with van der Waals surface area (Å²) in [7, 11) is 0. The molecular weight excluding hydrogens is 262 g/mol. The number of aliphatic hydroxyl groups excluding tert-OH is 1. The van der Waals surface area contributed by atoms with E-state index in [1.54, 1.807) is 0 Å². The second-order valence-electron chi connectivity index (χ2n) is 6.21. The molecule has 21 heavy (non-hydrogen) atoms. The van der Waals surface area contributed by atoms with Crippen LogP contribution in [0.2, 0.25) is 0 Å². The summed E-state index contributed by atoms with van der Waals surface area (Å²) in [5.41, 5.74) is 2.57. The first-order valence-electron chi connectivity index (χ1n) is 8.01. The predicted molar refractivity (Wildman–Crippen MR) is 88.4 cm³/mol. The molecule has 0 aliphatic heterocycles. The Kier molecular flexibility index (Phi) is 7.94. The van der Waals surface area contributed by atoms with Crippen molar-refractivity contribution in [1.82, 2.24) is 4.90 Å². The lowest BCUT2D eigenvalue weighted by molar-refractivity contribution is -0.0149. The third-order valence-electron chi connectivity index (χ3n) is 3.79. The van der Waals surface area contributed by atoms with E-state index in [1.807, 2.05) is 13.8 Å². The van der Waals surface area contributed by atoms with Gasteiger partial charge < -0.3 is 9.84 Å². The lowest BCUT2D eigenvalue weighted by Gasteiger charge is -2.30. The number of rotatable bonds is 9. The van der Waals surface area contributed by atoms with Gasteiger partial charge in [-0.3, -0.25) is 4.90 Å². The summed E-state index contributed by atoms with van der Waals surface area (Å²) in [6.07, 6.45) is 0.796. The zero-order chi connectivity index (χ0) is 15.8. The highest BCUT2D eigenvalue weighted by molar-refractivity contribution is 5.21. The molecule has 0 saturated carbocycles. The highest BCUT2D eigenvalue weighted by atomic mass is 16.5. The van der Waals surface area contributed by atoms with Crippen LogP contribution in [-0.4, -0.2) is 41.4 Å². The van der Waals surface area contributed by atoms with Gasteiger partial charge in [0.25, 0.3) is 0 Å². The molecular formula is C18H31NO2. The Labute approximate surface area is 129 Å². The van der Waals surface area contributed by atoms with E-state index in [9.17, 15) is 5.11 Å². The lowest BCUT2D eigenvalue weighted by Crippen LogP contribution is -2.40. The van der Waals surface area contributed by atoms with Gasteiger partial charge in [0.15, 0.2) is 0 Å². The van der Waals surface area contributed by atoms with E-state index in [4.69, 9.17) is 4.74 Å². The second-order valence-corrected chi connectivity index (χ2v) is 6.21. The summed E-state index contributed by atoms with van der Waals surface area (Å²) in [5.74, 6) is 0. The van der Waals surface area contributed by atoms with E-state index in [-0.39, 0.29) is 6.10 Å². The predicted octanol–water partition coefficient (Wildman–Crippen LogP) is 3.38. The highest BCUT2D eigenvalue weighted by Gasteiger charge is 2.17. The van der Waals surface area contributed by atoms with Crippen LogP contribution in [0.1, 0.15) is 45.2 Å². The topological polar surface area (TPSA) is 32.7 Å². The van der Waals surface area contributed by atoms with Crippen molar-refractivity contribution >= 4 is 0 Å². The smallest absolute Gasteiger partial charge is 0.0900 e. The molecule has 0 aromatic heterocycles. The van der Waals surface area contributed by atoms with Gasteiger partial charge in [0.1, 0.15) is 0 Å². The first kappa shape index (κ1) is 18.1. The van der Waals surface area contributed by atoms with Gasteiger partial charge in [-0.1, -0.05) is 36.8 Å². The summed E-state index contributed by atoms with van der Waals surface area (Å²) in [6, 6.07) is 9.06. The zero-order valence-corrected chi connectivity index (χ0v) is 14.2. The third-order valence-corrected chi connectivity index (χ3v) is 3.79. The Morgan fingerprint density at radius 1 is 1.14 bits per heavy atom. The molecule has 0 aliphatic rings. The molecule has 1 aromatic carbocycles. The molecule has 120 valence electrons. The fourth-order valence-electron chi connectivity index (χ4n) is 2.21. The normalized spacial score (nSPS) is 14.7. The molecule has 1 aromatic rings. The maximum Gasteiger partial charge on any atom is 0.0900 e. The van der Waals surface area contributed by atoms with Crippen LogP contribution in [0.15, 0.2) is 24.3 Å². The van der Waals surface area contributed by atoms with E-state index in [1.165, 1.54) is 11.1 Å². The number of hydrogen-bond acceptors (Lipinski definition) is 3. The summed E-state index contributed by atoms with van der Waals surface area (Å²) in [5, 5.41) is 10.2. The Hall–Kier alpha value is -0.900. The minimum atomic E-state index is -0.438. The summed E-state index contributed by atoms with van der Waals surface area (Å²) in [6.45, 7) is 12.4. The number of ether oxygens (including phenoxy) is 1. The van der Waals surface area contributed by atoms with Crippen molar-refractivity contribution in [1.29, 1.82) is 0 Å². The van der Waals surface area contributed by atoms with Crippen LogP contribution in [0.4, 0.5) is 0 Å². The standard InChI is InChI=1S/C18H31NO2/c1-6-16(5)19(12-18(20)13-21-14(2)3)11-17-9-7-15(4)8-10-17/h7-10,14,16,18,20H,6,11-13H2,1-5H3/t16-,18+/m1/s1. The van der Waals surface area contributed by atoms with Crippen molar-refractivity contribution in [3.05, 3.63) is 35.4 Å². The molecule has 0 unspecified atom stereocenters. The fraction of sp³-hybridized carbons (Fsp3) is 0.667. The molecule has 0 bridgehead atoms. The van der Waals surface area contributed by atoms with Crippen LogP contribution in [0.25, 0.3) is 0 Å². The molecule has 0 fully saturated rings. The highest BCUT2D eigenvalue weighted by Crippen LogP contribution is 2.12. The quantitative estimate of drug-likeness (QED) is 0.757. The molecule has 0 amide bonds. The van der Waals surface area contributed by atoms with Gasteiger partial charge in [-0.15, -0.1) is 0 Å². The number of aryl methyl sites for hydroxylation is 1. The van der Waals surface area contributed by atoms with E-state index < -0.39 is 6.10 Å². The SMILES string of the molecule is CC[C@@H](C)N(Cc1ccc(C)cc1)C[C@H](O)COC(C)C. The monoisotopic (exact) mass is 293 g/mol. The minimum absolute atomic E-state index is 0.161. The molecule has 3 heteroatoms. The van der Waals surface area contributed by atoms with Crippen LogP contribution in [0.5, 0.6) is 0 Å². The van der Waals surface area contributed by atoms with Gasteiger partial charge in [-0.05, 0) is 39.7 Å². The molecule has 1 N–H and O–H groups in total. The van der Waals surface area contributed by atoms with Crippen LogP contribution in [0.3, 0.4) is 0 Å². The molecule has 2 atom stereocenters. The van der Waals surface area contributed by atoms with Gasteiger partial charge in [0.2, 0.25) is 0 Å². The van der Waals surface area contributed by atoms with E-state index in [0.29, 0.717) is 19.2 Å². The fourth-order valence-corrected chi connectivity index (χ4v) is 2.21. The molecule has 0 radical (unpaired) electrons. The third kappa shape index (κ3) is 7.07. The minimum Gasteiger partial charge on any atom is -0.389 e. The van der Waals surface area contributed by atoms with E-state index >= 15 is 0 Å². The first-order valence-corrected chi connectivity index (χ1v) is 8.01. The van der Waals surface area contributed by atoms with Crippen LogP contribution in [-0.2, 0) is 11.3 Å². The Bertz CT molecular complexity index is 389. The van der Waals surface area contributed by atoms with Crippen molar-refractivity contribution in [3.63, 3.8) is 0 Å². The van der Waals surface area contributed by atoms with Gasteiger partial charge in [0, 0.05) is 19.1 Å². The zero-order valence-electron chi connectivity index (χ0n) is 14.2. The average Bonchev–Trinajstić information content (AvgIpc) is 2.45. The second kappa shape index (κ2) is 9.19. The van der Waals surface area contributed by atoms with Crippen molar-refractivity contribution in [2.45, 2.75) is 65.8 Å². The van der Waals surface area contributed by atoms with E-state index in [2.05, 4.69) is 49.9 Å². The lowest BCUT2D eigenvalue weighted by atomic mass is 10.1. The average molecular weight is 293 g/mol. The molecule has 0 saturated heterocycles. The Morgan fingerprint density at radius 3 is 2.29 bits per heavy atom. The number of benzene rings is 1. The molecule has 0 spiro atoms. The van der Waals surface area contributed by atoms with Crippen LogP contribution >= 0.6 is 0 Å². The van der Waals surface area contributed by atoms with Gasteiger partial charge in [0.05, 0.1) is 18.8 Å². The van der Waals surface area contributed by atoms with Gasteiger partial charge in [-0.2, -0.15) is 0 Å². The number of aliphatic hydroxyl groups is 1. The maximum absolute atomic E-state index is 10.2. The summed E-state index contributed by atoms with van der Waals surface area (Å²) >= 11 is 0. The maximum atomic E-state index is 10.2. The van der Waals surface area contributed by atoms with Gasteiger partial charge in [-0.25, -0.2) is 0 Å². The molecule has 0 heterocycles. The summed E-state index contributed by atoms with van der Waals surface area (Å²) < 4.78 is 5.51. The molecule has 0 aliphatic carbocycles. The summed E-state index contributed by atoms with van der Waals surface area (Å²) in [4.78, 5) is 2.33. The van der Waals surface area contributed by atoms with Crippen molar-refractivity contribution < 1.29 is 9.84 Å². The van der Waals surface area contributed by atoms with Crippen LogP contribution in [0, 0.1) is 6.92 Å².